The Morgan fingerprint density at radius 3 is 2.75 bits per heavy atom. The summed E-state index contributed by atoms with van der Waals surface area (Å²) < 4.78 is 8.69. The van der Waals surface area contributed by atoms with Crippen LogP contribution < -0.4 is 0 Å². The Balaban J connectivity index is 3.13. The van der Waals surface area contributed by atoms with Gasteiger partial charge >= 0.3 is 5.97 Å². The summed E-state index contributed by atoms with van der Waals surface area (Å²) in [5.41, 5.74) is 0.699. The van der Waals surface area contributed by atoms with E-state index in [0.29, 0.717) is 17.1 Å². The fraction of sp³-hybridized carbons (Fsp3) is 0.143. The van der Waals surface area contributed by atoms with E-state index in [4.69, 9.17) is 9.66 Å². The topological polar surface area (TPSA) is 70.4 Å². The van der Waals surface area contributed by atoms with Gasteiger partial charge in [-0.05, 0) is 18.6 Å². The quantitative estimate of drug-likeness (QED) is 0.685. The smallest absolute Gasteiger partial charge is 0.354 e. The number of rotatable bonds is 2. The molecular formula is C7H7NO3S. The molecule has 0 saturated heterocycles. The minimum atomic E-state index is -1.09. The van der Waals surface area contributed by atoms with E-state index in [9.17, 15) is 4.79 Å². The number of aromatic carboxylic acids is 1. The molecule has 0 aliphatic rings. The van der Waals surface area contributed by atoms with Crippen molar-refractivity contribution in [2.24, 2.45) is 0 Å². The molecule has 0 unspecified atom stereocenters. The average molecular weight is 185 g/mol. The van der Waals surface area contributed by atoms with Crippen molar-refractivity contribution in [3.63, 3.8) is 0 Å². The molecule has 0 aliphatic carbocycles. The summed E-state index contributed by atoms with van der Waals surface area (Å²) in [4.78, 5) is 14.1. The van der Waals surface area contributed by atoms with Crippen LogP contribution in [0.2, 0.25) is 0 Å². The van der Waals surface area contributed by atoms with Crippen LogP contribution in [0.1, 0.15) is 16.1 Å². The van der Waals surface area contributed by atoms with Crippen molar-refractivity contribution in [3.8, 4) is 0 Å². The van der Waals surface area contributed by atoms with Crippen LogP contribution in [-0.2, 0) is 0 Å². The fourth-order valence-corrected chi connectivity index (χ4v) is 1.07. The first-order valence-corrected chi connectivity index (χ1v) is 3.95. The van der Waals surface area contributed by atoms with E-state index in [0.717, 1.165) is 5.56 Å². The predicted octanol–water partition coefficient (Wildman–Crippen LogP) is 1.65. The molecule has 1 rings (SSSR count). The third-order valence-electron chi connectivity index (χ3n) is 1.36. The Hall–Kier alpha value is -1.07. The summed E-state index contributed by atoms with van der Waals surface area (Å²) in [6.07, 6.45) is 0. The summed E-state index contributed by atoms with van der Waals surface area (Å²) >= 11 is 0.453. The maximum absolute atomic E-state index is 10.4. The molecule has 0 atom stereocenters. The lowest BCUT2D eigenvalue weighted by Gasteiger charge is -2.00. The number of aromatic nitrogens is 1. The van der Waals surface area contributed by atoms with Gasteiger partial charge in [-0.15, -0.1) is 0 Å². The minimum absolute atomic E-state index is 0.0582. The molecule has 0 fully saturated rings. The molecule has 0 amide bonds. The van der Waals surface area contributed by atoms with Gasteiger partial charge in [0.2, 0.25) is 0 Å². The molecule has 0 aromatic carbocycles. The Kier molecular flexibility index (Phi) is 2.67. The molecule has 0 aliphatic heterocycles. The highest BCUT2D eigenvalue weighted by Gasteiger charge is 2.07. The van der Waals surface area contributed by atoms with Crippen molar-refractivity contribution in [2.45, 2.75) is 11.9 Å². The van der Waals surface area contributed by atoms with Crippen LogP contribution in [0.25, 0.3) is 0 Å². The van der Waals surface area contributed by atoms with E-state index in [1.54, 1.807) is 13.0 Å². The zero-order valence-electron chi connectivity index (χ0n) is 6.31. The summed E-state index contributed by atoms with van der Waals surface area (Å²) in [5.74, 6) is -1.09. The number of carboxylic acid groups (broad SMARTS) is 1. The summed E-state index contributed by atoms with van der Waals surface area (Å²) in [6, 6.07) is 3.01. The molecule has 4 nitrogen and oxygen atoms in total. The molecule has 0 saturated carbocycles. The van der Waals surface area contributed by atoms with Gasteiger partial charge < -0.3 is 9.66 Å². The van der Waals surface area contributed by atoms with Gasteiger partial charge in [0.15, 0.2) is 0 Å². The number of pyridine rings is 1. The van der Waals surface area contributed by atoms with Crippen LogP contribution >= 0.6 is 12.0 Å². The maximum atomic E-state index is 10.4. The van der Waals surface area contributed by atoms with Crippen LogP contribution in [0.3, 0.4) is 0 Å². The normalized spacial score (nSPS) is 9.83. The van der Waals surface area contributed by atoms with Crippen LogP contribution in [-0.4, -0.2) is 20.6 Å². The first kappa shape index (κ1) is 9.02. The first-order chi connectivity index (χ1) is 5.65. The van der Waals surface area contributed by atoms with Crippen molar-refractivity contribution >= 4 is 18.0 Å². The molecule has 64 valence electrons. The van der Waals surface area contributed by atoms with Crippen molar-refractivity contribution in [1.29, 1.82) is 0 Å². The molecule has 0 radical (unpaired) electrons. The third-order valence-corrected chi connectivity index (χ3v) is 1.94. The number of aryl methyl sites for hydroxylation is 1. The molecule has 1 heterocycles. The van der Waals surface area contributed by atoms with E-state index >= 15 is 0 Å². The molecule has 12 heavy (non-hydrogen) atoms. The fourth-order valence-electron chi connectivity index (χ4n) is 0.722. The van der Waals surface area contributed by atoms with Gasteiger partial charge in [-0.25, -0.2) is 9.78 Å². The van der Waals surface area contributed by atoms with Gasteiger partial charge in [-0.3, -0.25) is 0 Å². The molecule has 1 aromatic rings. The van der Waals surface area contributed by atoms with E-state index in [2.05, 4.69) is 4.98 Å². The molecule has 2 N–H and O–H groups in total. The maximum Gasteiger partial charge on any atom is 0.354 e. The van der Waals surface area contributed by atoms with Gasteiger partial charge in [0.25, 0.3) is 0 Å². The number of carbonyl (C=O) groups is 1. The average Bonchev–Trinajstić information content (AvgIpc) is 2.05. The molecule has 5 heteroatoms. The van der Waals surface area contributed by atoms with Gasteiger partial charge in [0.05, 0.1) is 0 Å². The van der Waals surface area contributed by atoms with Crippen LogP contribution in [0.4, 0.5) is 0 Å². The van der Waals surface area contributed by atoms with E-state index in [-0.39, 0.29) is 5.69 Å². The second kappa shape index (κ2) is 3.55. The zero-order chi connectivity index (χ0) is 9.14. The van der Waals surface area contributed by atoms with Gasteiger partial charge in [-0.1, -0.05) is 6.07 Å². The standard InChI is InChI=1S/C7H7NO3S/c1-4-2-3-5(7(9)10)8-6(4)12-11/h2-3,11H,1H3,(H,9,10). The van der Waals surface area contributed by atoms with Gasteiger partial charge in [0.1, 0.15) is 10.7 Å². The minimum Gasteiger partial charge on any atom is -0.477 e. The lowest BCUT2D eigenvalue weighted by Crippen LogP contribution is -2.01. The van der Waals surface area contributed by atoms with Gasteiger partial charge in [-0.2, -0.15) is 0 Å². The summed E-state index contributed by atoms with van der Waals surface area (Å²) in [6.45, 7) is 1.75. The molecule has 0 bridgehead atoms. The zero-order valence-corrected chi connectivity index (χ0v) is 7.13. The number of carboxylic acids is 1. The predicted molar refractivity (Wildman–Crippen MR) is 44.4 cm³/mol. The Labute approximate surface area is 73.5 Å². The van der Waals surface area contributed by atoms with E-state index in [1.807, 2.05) is 0 Å². The summed E-state index contributed by atoms with van der Waals surface area (Å²) in [5, 5.41) is 8.87. The Morgan fingerprint density at radius 1 is 1.58 bits per heavy atom. The molecular weight excluding hydrogens is 178 g/mol. The van der Waals surface area contributed by atoms with Crippen LogP contribution in [0.15, 0.2) is 17.2 Å². The SMILES string of the molecule is Cc1ccc(C(=O)O)nc1SO. The second-order valence-corrected chi connectivity index (χ2v) is 2.78. The number of hydrogen-bond acceptors (Lipinski definition) is 4. The largest absolute Gasteiger partial charge is 0.477 e. The Morgan fingerprint density at radius 2 is 2.25 bits per heavy atom. The first-order valence-electron chi connectivity index (χ1n) is 3.17. The highest BCUT2D eigenvalue weighted by molar-refractivity contribution is 7.93. The monoisotopic (exact) mass is 185 g/mol. The molecule has 1 aromatic heterocycles. The lowest BCUT2D eigenvalue weighted by molar-refractivity contribution is 0.0689. The highest BCUT2D eigenvalue weighted by Crippen LogP contribution is 2.16. The number of hydrogen-bond donors (Lipinski definition) is 2. The lowest BCUT2D eigenvalue weighted by atomic mass is 10.3. The van der Waals surface area contributed by atoms with Gasteiger partial charge in [0, 0.05) is 12.0 Å². The van der Waals surface area contributed by atoms with Crippen LogP contribution in [0, 0.1) is 6.92 Å². The van der Waals surface area contributed by atoms with Crippen molar-refractivity contribution < 1.29 is 14.5 Å². The molecule has 0 spiro atoms. The second-order valence-electron chi connectivity index (χ2n) is 2.21. The highest BCUT2D eigenvalue weighted by atomic mass is 32.2. The van der Waals surface area contributed by atoms with Crippen molar-refractivity contribution in [2.75, 3.05) is 0 Å². The Bertz CT molecular complexity index is 314. The van der Waals surface area contributed by atoms with Crippen molar-refractivity contribution in [1.82, 2.24) is 4.98 Å². The van der Waals surface area contributed by atoms with E-state index in [1.165, 1.54) is 6.07 Å². The third kappa shape index (κ3) is 1.75. The van der Waals surface area contributed by atoms with E-state index < -0.39 is 5.97 Å². The number of nitrogens with zero attached hydrogens (tertiary/aromatic N) is 1. The summed E-state index contributed by atoms with van der Waals surface area (Å²) in [7, 11) is 0. The van der Waals surface area contributed by atoms with Crippen molar-refractivity contribution in [3.05, 3.63) is 23.4 Å². The van der Waals surface area contributed by atoms with Crippen LogP contribution in [0.5, 0.6) is 0 Å².